The number of nitrogens with one attached hydrogen (secondary N) is 1. The number of carbonyl (C=O) groups is 1. The first-order chi connectivity index (χ1) is 13.4. The first-order valence-electron chi connectivity index (χ1n) is 9.52. The van der Waals surface area contributed by atoms with Crippen LogP contribution < -0.4 is 5.32 Å². The molecule has 0 radical (unpaired) electrons. The van der Waals surface area contributed by atoms with Gasteiger partial charge in [0.15, 0.2) is 0 Å². The fourth-order valence-corrected chi connectivity index (χ4v) is 3.90. The van der Waals surface area contributed by atoms with Gasteiger partial charge >= 0.3 is 0 Å². The first kappa shape index (κ1) is 18.4. The van der Waals surface area contributed by atoms with Crippen LogP contribution >= 0.6 is 0 Å². The molecule has 0 saturated heterocycles. The summed E-state index contributed by atoms with van der Waals surface area (Å²) in [6, 6.07) is 6.26. The van der Waals surface area contributed by atoms with Crippen molar-refractivity contribution in [3.63, 3.8) is 0 Å². The molecule has 4 rings (SSSR count). The van der Waals surface area contributed by atoms with E-state index >= 15 is 0 Å². The third-order valence-corrected chi connectivity index (χ3v) is 5.26. The summed E-state index contributed by atoms with van der Waals surface area (Å²) in [5, 5.41) is 11.8. The fraction of sp³-hybridized carbons (Fsp3) is 0.381. The molecule has 1 aliphatic rings. The van der Waals surface area contributed by atoms with Crippen LogP contribution in [0.15, 0.2) is 42.9 Å². The smallest absolute Gasteiger partial charge is 0.254 e. The van der Waals surface area contributed by atoms with E-state index in [0.717, 1.165) is 24.1 Å². The largest absolute Gasteiger partial charge is 0.345 e. The zero-order chi connectivity index (χ0) is 19.9. The van der Waals surface area contributed by atoms with Crippen molar-refractivity contribution in [3.8, 4) is 5.69 Å². The number of fused-ring (bicyclic) bond motifs is 1. The molecular weight excluding hydrogens is 357 g/mol. The highest BCUT2D eigenvalue weighted by atomic mass is 19.1. The Labute approximate surface area is 163 Å². The number of nitrogens with zero attached hydrogens (tertiary/aromatic N) is 4. The van der Waals surface area contributed by atoms with Gasteiger partial charge in [0.05, 0.1) is 35.4 Å². The van der Waals surface area contributed by atoms with Crippen LogP contribution in [0.1, 0.15) is 54.8 Å². The van der Waals surface area contributed by atoms with E-state index < -0.39 is 0 Å². The van der Waals surface area contributed by atoms with Crippen molar-refractivity contribution in [1.82, 2.24) is 24.9 Å². The van der Waals surface area contributed by atoms with E-state index in [1.807, 2.05) is 13.0 Å². The van der Waals surface area contributed by atoms with Gasteiger partial charge in [-0.3, -0.25) is 9.48 Å². The maximum atomic E-state index is 13.7. The van der Waals surface area contributed by atoms with Crippen LogP contribution in [-0.2, 0) is 13.0 Å². The highest BCUT2D eigenvalue weighted by Crippen LogP contribution is 2.41. The van der Waals surface area contributed by atoms with Gasteiger partial charge < -0.3 is 5.32 Å². The number of aryl methyl sites for hydroxylation is 1. The molecule has 1 aliphatic carbocycles. The zero-order valence-corrected chi connectivity index (χ0v) is 16.3. The summed E-state index contributed by atoms with van der Waals surface area (Å²) in [7, 11) is 0. The molecule has 28 heavy (non-hydrogen) atoms. The molecule has 0 spiro atoms. The highest BCUT2D eigenvalue weighted by molar-refractivity contribution is 5.94. The molecule has 3 aromatic rings. The molecule has 0 unspecified atom stereocenters. The Balaban J connectivity index is 1.66. The van der Waals surface area contributed by atoms with E-state index in [2.05, 4.69) is 29.4 Å². The zero-order valence-electron chi connectivity index (χ0n) is 16.3. The van der Waals surface area contributed by atoms with Crippen molar-refractivity contribution >= 4 is 5.91 Å². The molecule has 1 amide bonds. The Morgan fingerprint density at radius 2 is 2.14 bits per heavy atom. The number of hydrogen-bond donors (Lipinski definition) is 1. The summed E-state index contributed by atoms with van der Waals surface area (Å²) >= 11 is 0. The van der Waals surface area contributed by atoms with Crippen LogP contribution in [0.25, 0.3) is 5.69 Å². The Morgan fingerprint density at radius 3 is 2.86 bits per heavy atom. The van der Waals surface area contributed by atoms with Crippen LogP contribution in [-0.4, -0.2) is 25.5 Å². The van der Waals surface area contributed by atoms with E-state index in [9.17, 15) is 9.18 Å². The molecule has 146 valence electrons. The quantitative estimate of drug-likeness (QED) is 0.750. The molecule has 1 atom stereocenters. The SMILES string of the molecule is CCn1cc(C(=O)N[C@H]2CC(C)(C)Cc3c2cnn3-c2cccc(F)c2)cn1. The Morgan fingerprint density at radius 1 is 1.32 bits per heavy atom. The molecule has 2 aromatic heterocycles. The number of benzene rings is 1. The van der Waals surface area contributed by atoms with E-state index in [4.69, 9.17) is 0 Å². The molecule has 2 heterocycles. The lowest BCUT2D eigenvalue weighted by atomic mass is 9.74. The normalized spacial score (nSPS) is 17.9. The van der Waals surface area contributed by atoms with Crippen LogP contribution in [0.3, 0.4) is 0 Å². The lowest BCUT2D eigenvalue weighted by molar-refractivity contribution is 0.0919. The molecule has 6 nitrogen and oxygen atoms in total. The average Bonchev–Trinajstić information content (AvgIpc) is 3.27. The minimum atomic E-state index is -0.297. The fourth-order valence-electron chi connectivity index (χ4n) is 3.90. The summed E-state index contributed by atoms with van der Waals surface area (Å²) in [4.78, 5) is 12.7. The third-order valence-electron chi connectivity index (χ3n) is 5.26. The molecule has 0 saturated carbocycles. The Bertz CT molecular complexity index is 1020. The summed E-state index contributed by atoms with van der Waals surface area (Å²) < 4.78 is 17.2. The summed E-state index contributed by atoms with van der Waals surface area (Å²) in [6.45, 7) is 7.04. The second-order valence-electron chi connectivity index (χ2n) is 8.09. The molecule has 0 fully saturated rings. The average molecular weight is 381 g/mol. The first-order valence-corrected chi connectivity index (χ1v) is 9.52. The van der Waals surface area contributed by atoms with Crippen molar-refractivity contribution < 1.29 is 9.18 Å². The standard InChI is InChI=1S/C21H24FN5O/c1-4-26-13-14(11-23-26)20(28)25-18-9-21(2,3)10-19-17(18)12-24-27(19)16-7-5-6-15(22)8-16/h5-8,11-13,18H,4,9-10H2,1-3H3,(H,25,28)/t18-/m0/s1. The van der Waals surface area contributed by atoms with Crippen LogP contribution in [0.2, 0.25) is 0 Å². The van der Waals surface area contributed by atoms with E-state index in [-0.39, 0.29) is 23.2 Å². The lowest BCUT2D eigenvalue weighted by Gasteiger charge is -2.35. The van der Waals surface area contributed by atoms with Crippen LogP contribution in [0.5, 0.6) is 0 Å². The number of aromatic nitrogens is 4. The van der Waals surface area contributed by atoms with Gasteiger partial charge in [-0.05, 0) is 43.4 Å². The van der Waals surface area contributed by atoms with Crippen molar-refractivity contribution in [2.75, 3.05) is 0 Å². The van der Waals surface area contributed by atoms with Crippen molar-refractivity contribution in [2.45, 2.75) is 46.2 Å². The molecule has 0 bridgehead atoms. The monoisotopic (exact) mass is 381 g/mol. The van der Waals surface area contributed by atoms with Gasteiger partial charge in [0.1, 0.15) is 5.82 Å². The molecular formula is C21H24FN5O. The van der Waals surface area contributed by atoms with E-state index in [1.54, 1.807) is 34.0 Å². The van der Waals surface area contributed by atoms with E-state index in [0.29, 0.717) is 17.8 Å². The van der Waals surface area contributed by atoms with Gasteiger partial charge in [-0.25, -0.2) is 9.07 Å². The van der Waals surface area contributed by atoms with Gasteiger partial charge in [-0.1, -0.05) is 19.9 Å². The topological polar surface area (TPSA) is 64.7 Å². The maximum Gasteiger partial charge on any atom is 0.254 e. The minimum Gasteiger partial charge on any atom is -0.345 e. The van der Waals surface area contributed by atoms with Crippen molar-refractivity contribution in [2.24, 2.45) is 5.41 Å². The number of amides is 1. The number of hydrogen-bond acceptors (Lipinski definition) is 3. The molecule has 0 aliphatic heterocycles. The Kier molecular flexibility index (Phi) is 4.53. The predicted octanol–water partition coefficient (Wildman–Crippen LogP) is 3.67. The number of rotatable bonds is 4. The second kappa shape index (κ2) is 6.89. The second-order valence-corrected chi connectivity index (χ2v) is 8.09. The van der Waals surface area contributed by atoms with Crippen LogP contribution in [0.4, 0.5) is 4.39 Å². The van der Waals surface area contributed by atoms with Gasteiger partial charge in [0.2, 0.25) is 0 Å². The van der Waals surface area contributed by atoms with Crippen LogP contribution in [0, 0.1) is 11.2 Å². The third kappa shape index (κ3) is 3.44. The highest BCUT2D eigenvalue weighted by Gasteiger charge is 2.36. The van der Waals surface area contributed by atoms with E-state index in [1.165, 1.54) is 12.1 Å². The summed E-state index contributed by atoms with van der Waals surface area (Å²) in [5.41, 5.74) is 3.21. The minimum absolute atomic E-state index is 0.0242. The molecule has 7 heteroatoms. The van der Waals surface area contributed by atoms with Crippen molar-refractivity contribution in [1.29, 1.82) is 0 Å². The predicted molar refractivity (Wildman–Crippen MR) is 104 cm³/mol. The van der Waals surface area contributed by atoms with Gasteiger partial charge in [0, 0.05) is 18.3 Å². The van der Waals surface area contributed by atoms with Crippen molar-refractivity contribution in [3.05, 3.63) is 65.5 Å². The summed E-state index contributed by atoms with van der Waals surface area (Å²) in [6.07, 6.45) is 6.74. The molecule has 1 aromatic carbocycles. The maximum absolute atomic E-state index is 13.7. The summed E-state index contributed by atoms with van der Waals surface area (Å²) in [5.74, 6) is -0.443. The Hall–Kier alpha value is -2.96. The lowest BCUT2D eigenvalue weighted by Crippen LogP contribution is -2.36. The van der Waals surface area contributed by atoms with Gasteiger partial charge in [-0.2, -0.15) is 10.2 Å². The van der Waals surface area contributed by atoms with Gasteiger partial charge in [-0.15, -0.1) is 0 Å². The number of halogens is 1. The van der Waals surface area contributed by atoms with Gasteiger partial charge in [0.25, 0.3) is 5.91 Å². The number of carbonyl (C=O) groups excluding carboxylic acids is 1. The molecule has 1 N–H and O–H groups in total.